The molecule has 0 bridgehead atoms. The molecule has 0 amide bonds. The molecule has 2 aliphatic rings. The maximum atomic E-state index is 5.36. The number of morpholine rings is 1. The molecule has 1 fully saturated rings. The van der Waals surface area contributed by atoms with Gasteiger partial charge < -0.3 is 15.0 Å². The number of rotatable bonds is 3. The molecule has 0 aromatic rings. The van der Waals surface area contributed by atoms with Gasteiger partial charge in [-0.1, -0.05) is 11.6 Å². The van der Waals surface area contributed by atoms with Crippen LogP contribution in [0.25, 0.3) is 0 Å². The summed E-state index contributed by atoms with van der Waals surface area (Å²) in [5.74, 6) is 0. The van der Waals surface area contributed by atoms with Crippen molar-refractivity contribution in [3.05, 3.63) is 23.4 Å². The van der Waals surface area contributed by atoms with Crippen LogP contribution in [0.3, 0.4) is 0 Å². The zero-order valence-corrected chi connectivity index (χ0v) is 9.46. The van der Waals surface area contributed by atoms with E-state index in [0.717, 1.165) is 32.8 Å². The maximum absolute atomic E-state index is 5.36. The van der Waals surface area contributed by atoms with Gasteiger partial charge in [-0.2, -0.15) is 0 Å². The van der Waals surface area contributed by atoms with E-state index in [-0.39, 0.29) is 0 Å². The fourth-order valence-electron chi connectivity index (χ4n) is 2.16. The number of hydrogen-bond acceptors (Lipinski definition) is 3. The Kier molecular flexibility index (Phi) is 3.80. The Balaban J connectivity index is 1.93. The summed E-state index contributed by atoms with van der Waals surface area (Å²) in [5.41, 5.74) is 2.99. The van der Waals surface area contributed by atoms with E-state index in [1.165, 1.54) is 24.1 Å². The summed E-state index contributed by atoms with van der Waals surface area (Å²) in [5, 5.41) is 3.20. The summed E-state index contributed by atoms with van der Waals surface area (Å²) in [6.45, 7) is 4.89. The summed E-state index contributed by atoms with van der Waals surface area (Å²) in [7, 11) is 2.00. The third-order valence-corrected chi connectivity index (χ3v) is 3.03. The normalized spacial score (nSPS) is 22.3. The van der Waals surface area contributed by atoms with Crippen LogP contribution in [0.15, 0.2) is 23.4 Å². The third-order valence-electron chi connectivity index (χ3n) is 3.03. The highest BCUT2D eigenvalue weighted by Gasteiger charge is 2.15. The molecule has 1 saturated heterocycles. The van der Waals surface area contributed by atoms with Gasteiger partial charge >= 0.3 is 0 Å². The first kappa shape index (κ1) is 10.7. The van der Waals surface area contributed by atoms with Crippen molar-refractivity contribution in [3.8, 4) is 0 Å². The van der Waals surface area contributed by atoms with Crippen molar-refractivity contribution >= 4 is 0 Å². The summed E-state index contributed by atoms with van der Waals surface area (Å²) < 4.78 is 5.36. The fourth-order valence-corrected chi connectivity index (χ4v) is 2.16. The van der Waals surface area contributed by atoms with Gasteiger partial charge in [0, 0.05) is 25.3 Å². The molecule has 3 heteroatoms. The number of nitrogens with zero attached hydrogens (tertiary/aromatic N) is 1. The smallest absolute Gasteiger partial charge is 0.0642 e. The van der Waals surface area contributed by atoms with Crippen molar-refractivity contribution in [1.29, 1.82) is 0 Å². The van der Waals surface area contributed by atoms with E-state index < -0.39 is 0 Å². The van der Waals surface area contributed by atoms with Crippen molar-refractivity contribution < 1.29 is 4.74 Å². The zero-order chi connectivity index (χ0) is 10.5. The van der Waals surface area contributed by atoms with Gasteiger partial charge in [0.15, 0.2) is 0 Å². The second-order valence-corrected chi connectivity index (χ2v) is 4.11. The van der Waals surface area contributed by atoms with E-state index >= 15 is 0 Å². The largest absolute Gasteiger partial charge is 0.378 e. The Morgan fingerprint density at radius 2 is 2.07 bits per heavy atom. The number of nitrogens with one attached hydrogen (secondary N) is 1. The molecule has 0 atom stereocenters. The average molecular weight is 208 g/mol. The van der Waals surface area contributed by atoms with Crippen LogP contribution in [0.1, 0.15) is 12.8 Å². The van der Waals surface area contributed by atoms with E-state index in [1.807, 2.05) is 7.05 Å². The van der Waals surface area contributed by atoms with Crippen LogP contribution < -0.4 is 5.32 Å². The number of likely N-dealkylation sites (N-methyl/N-ethyl adjacent to an activating group) is 1. The van der Waals surface area contributed by atoms with Crippen LogP contribution in [0.2, 0.25) is 0 Å². The Hall–Kier alpha value is -0.800. The van der Waals surface area contributed by atoms with E-state index in [9.17, 15) is 0 Å². The maximum Gasteiger partial charge on any atom is 0.0642 e. The van der Waals surface area contributed by atoms with Gasteiger partial charge in [-0.25, -0.2) is 0 Å². The van der Waals surface area contributed by atoms with Crippen molar-refractivity contribution in [2.45, 2.75) is 12.8 Å². The molecule has 0 aromatic carbocycles. The summed E-state index contributed by atoms with van der Waals surface area (Å²) >= 11 is 0. The van der Waals surface area contributed by atoms with Crippen molar-refractivity contribution in [1.82, 2.24) is 10.2 Å². The van der Waals surface area contributed by atoms with Crippen LogP contribution in [-0.2, 0) is 4.74 Å². The molecule has 1 aliphatic heterocycles. The summed E-state index contributed by atoms with van der Waals surface area (Å²) in [6, 6.07) is 0. The minimum Gasteiger partial charge on any atom is -0.378 e. The average Bonchev–Trinajstić information content (AvgIpc) is 2.32. The highest BCUT2D eigenvalue weighted by molar-refractivity contribution is 5.24. The molecule has 0 aromatic heterocycles. The molecule has 0 unspecified atom stereocenters. The van der Waals surface area contributed by atoms with E-state index in [4.69, 9.17) is 4.74 Å². The molecular weight excluding hydrogens is 188 g/mol. The van der Waals surface area contributed by atoms with E-state index in [2.05, 4.69) is 22.4 Å². The predicted octanol–water partition coefficient (Wildman–Crippen LogP) is 1.14. The molecule has 15 heavy (non-hydrogen) atoms. The standard InChI is InChI=1S/C12H20N2O/c1-13-10-11-2-4-12(5-3-11)14-6-8-15-9-7-14/h2,4,13H,3,5-10H2,1H3. The van der Waals surface area contributed by atoms with E-state index in [0.29, 0.717) is 0 Å². The predicted molar refractivity (Wildman–Crippen MR) is 61.7 cm³/mol. The van der Waals surface area contributed by atoms with Gasteiger partial charge in [-0.05, 0) is 26.0 Å². The van der Waals surface area contributed by atoms with Gasteiger partial charge in [0.2, 0.25) is 0 Å². The highest BCUT2D eigenvalue weighted by Crippen LogP contribution is 2.21. The van der Waals surface area contributed by atoms with Crippen LogP contribution >= 0.6 is 0 Å². The molecule has 1 N–H and O–H groups in total. The highest BCUT2D eigenvalue weighted by atomic mass is 16.5. The van der Waals surface area contributed by atoms with E-state index in [1.54, 1.807) is 0 Å². The Morgan fingerprint density at radius 1 is 1.27 bits per heavy atom. The van der Waals surface area contributed by atoms with Gasteiger partial charge in [0.05, 0.1) is 13.2 Å². The lowest BCUT2D eigenvalue weighted by molar-refractivity contribution is 0.0519. The molecule has 2 rings (SSSR count). The minimum atomic E-state index is 0.879. The Labute approximate surface area is 91.8 Å². The molecule has 0 spiro atoms. The lowest BCUT2D eigenvalue weighted by Gasteiger charge is -2.32. The van der Waals surface area contributed by atoms with Crippen molar-refractivity contribution in [3.63, 3.8) is 0 Å². The topological polar surface area (TPSA) is 24.5 Å². The number of allylic oxidation sites excluding steroid dienone is 3. The first-order valence-corrected chi connectivity index (χ1v) is 5.76. The second-order valence-electron chi connectivity index (χ2n) is 4.11. The molecule has 1 aliphatic carbocycles. The van der Waals surface area contributed by atoms with Crippen LogP contribution in [0.4, 0.5) is 0 Å². The quantitative estimate of drug-likeness (QED) is 0.753. The van der Waals surface area contributed by atoms with Gasteiger partial charge in [-0.15, -0.1) is 0 Å². The lowest BCUT2D eigenvalue weighted by atomic mass is 10.0. The van der Waals surface area contributed by atoms with Gasteiger partial charge in [0.1, 0.15) is 0 Å². The molecule has 84 valence electrons. The molecule has 1 heterocycles. The Bertz CT molecular complexity index is 265. The number of hydrogen-bond donors (Lipinski definition) is 1. The van der Waals surface area contributed by atoms with Crippen LogP contribution in [0, 0.1) is 0 Å². The van der Waals surface area contributed by atoms with Gasteiger partial charge in [0.25, 0.3) is 0 Å². The molecular formula is C12H20N2O. The monoisotopic (exact) mass is 208 g/mol. The number of ether oxygens (including phenoxy) is 1. The van der Waals surface area contributed by atoms with Crippen LogP contribution in [0.5, 0.6) is 0 Å². The van der Waals surface area contributed by atoms with Gasteiger partial charge in [-0.3, -0.25) is 0 Å². The molecule has 3 nitrogen and oxygen atoms in total. The van der Waals surface area contributed by atoms with Crippen molar-refractivity contribution in [2.75, 3.05) is 39.9 Å². The summed E-state index contributed by atoms with van der Waals surface area (Å²) in [6.07, 6.45) is 6.93. The fraction of sp³-hybridized carbons (Fsp3) is 0.667. The first-order chi connectivity index (χ1) is 7.40. The molecule has 0 radical (unpaired) electrons. The second kappa shape index (κ2) is 5.33. The lowest BCUT2D eigenvalue weighted by Crippen LogP contribution is -2.36. The van der Waals surface area contributed by atoms with Crippen LogP contribution in [-0.4, -0.2) is 44.8 Å². The SMILES string of the molecule is CNCC1=CC=C(N2CCOCC2)CC1. The Morgan fingerprint density at radius 3 is 2.67 bits per heavy atom. The zero-order valence-electron chi connectivity index (χ0n) is 9.46. The minimum absolute atomic E-state index is 0.879. The third kappa shape index (κ3) is 2.83. The van der Waals surface area contributed by atoms with Crippen molar-refractivity contribution in [2.24, 2.45) is 0 Å². The first-order valence-electron chi connectivity index (χ1n) is 5.76. The molecule has 0 saturated carbocycles. The summed E-state index contributed by atoms with van der Waals surface area (Å²) in [4.78, 5) is 2.45.